The molecule has 554 valence electrons. The van der Waals surface area contributed by atoms with Gasteiger partial charge in [0.2, 0.25) is 0 Å². The number of phosphoric acid groups is 5. The molecule has 0 aliphatic heterocycles. The van der Waals surface area contributed by atoms with Gasteiger partial charge in [0.1, 0.15) is 38.6 Å². The van der Waals surface area contributed by atoms with Crippen molar-refractivity contribution < 1.29 is 186 Å². The number of halogens is 1. The Morgan fingerprint density at radius 1 is 0.366 bits per heavy atom. The van der Waals surface area contributed by atoms with Gasteiger partial charge in [-0.1, -0.05) is 0 Å². The Morgan fingerprint density at radius 2 is 0.624 bits per heavy atom. The zero-order valence-corrected chi connectivity index (χ0v) is 57.1. The van der Waals surface area contributed by atoms with Gasteiger partial charge in [-0.05, 0) is 22.2 Å². The second-order valence-corrected chi connectivity index (χ2v) is 19.3. The molecule has 0 saturated carbocycles. The van der Waals surface area contributed by atoms with Crippen LogP contribution in [0.15, 0.2) is 195 Å². The molecule has 0 bridgehead atoms. The lowest BCUT2D eigenvalue weighted by molar-refractivity contribution is -0.700. The molecule has 0 aliphatic carbocycles. The van der Waals surface area contributed by atoms with E-state index in [0.29, 0.717) is 37.6 Å². The van der Waals surface area contributed by atoms with E-state index in [1.165, 1.54) is 7.05 Å². The second kappa shape index (κ2) is 95.8. The number of hydrogen-bond donors (Lipinski definition) is 3. The predicted molar refractivity (Wildman–Crippen MR) is 322 cm³/mol. The first kappa shape index (κ1) is 118. The predicted octanol–water partition coefficient (Wildman–Crippen LogP) is 6.86. The number of hydrogen-bond acceptors (Lipinski definition) is 39. The van der Waals surface area contributed by atoms with E-state index in [1.807, 2.05) is 0 Å². The van der Waals surface area contributed by atoms with Crippen LogP contribution in [0.5, 0.6) is 0 Å². The molecule has 8 unspecified atom stereocenters. The standard InChI is InChI=1S/C22H47FN2O38P6.12C2H4/c1-24-15-21(17-51-65(28,29)30)18-52-67(33,34)48-12-6-43-59-62-56-40-4-10-46-66(31,32)47-11-5-41-57-63-60-44-8-14-50-69(37,38)54-20-22(16-25-23)19-53-68(35,36)49-13-7-42-58-61-55-39-3-9-45-64(2,26)27;12*1-2/h3-4,8-10,14,21-22,24-25H,5-7,11-13,15-20H2,1-2H3,(H,26,27)(H,31,32)(H,33,34)(H,35,36)(H,37,38)(H2,28,29,30);12*1-2H2/p-6/b9-3+,10-4-,14-8+;;;;;;;;;;;;. The van der Waals surface area contributed by atoms with Crippen molar-refractivity contribution in [2.45, 2.75) is 0 Å². The van der Waals surface area contributed by atoms with E-state index in [2.05, 4.69) is 283 Å². The maximum absolute atomic E-state index is 12.7. The molecule has 0 aliphatic rings. The molecule has 0 radical (unpaired) electrons. The van der Waals surface area contributed by atoms with Gasteiger partial charge in [0.25, 0.3) is 23.5 Å². The number of nitrogens with one attached hydrogen (secondary N) is 2. The Balaban J connectivity index is -0.000000216. The summed E-state index contributed by atoms with van der Waals surface area (Å²) in [5.74, 6) is -2.10. The summed E-state index contributed by atoms with van der Waals surface area (Å²) in [6.07, 6.45) is 2.70. The molecule has 0 amide bonds. The van der Waals surface area contributed by atoms with E-state index in [1.54, 1.807) is 0 Å². The summed E-state index contributed by atoms with van der Waals surface area (Å²) in [4.78, 5) is 102. The third kappa shape index (κ3) is 118. The molecule has 47 heteroatoms. The highest BCUT2D eigenvalue weighted by atomic mass is 31.2. The Bertz CT molecular complexity index is 1890. The van der Waals surface area contributed by atoms with Crippen molar-refractivity contribution in [3.63, 3.8) is 0 Å². The molecule has 0 rings (SSSR count). The Kier molecular flexibility index (Phi) is 122. The normalized spacial score (nSPS) is 14.1. The van der Waals surface area contributed by atoms with Crippen molar-refractivity contribution >= 4 is 46.7 Å². The van der Waals surface area contributed by atoms with Gasteiger partial charge in [-0.2, -0.15) is 5.54 Å². The maximum Gasteiger partial charge on any atom is 0.319 e. The van der Waals surface area contributed by atoms with Gasteiger partial charge in [-0.3, -0.25) is 27.4 Å². The minimum Gasteiger partial charge on any atom is -0.769 e. The first-order chi connectivity index (χ1) is 44.4. The third-order valence-electron chi connectivity index (χ3n) is 5.38. The summed E-state index contributed by atoms with van der Waals surface area (Å²) in [7, 11) is -27.8. The lowest BCUT2D eigenvalue weighted by Gasteiger charge is -2.27. The van der Waals surface area contributed by atoms with Crippen LogP contribution in [0.4, 0.5) is 4.48 Å². The summed E-state index contributed by atoms with van der Waals surface area (Å²) in [5.41, 5.74) is 1.15. The van der Waals surface area contributed by atoms with E-state index < -0.39 is 131 Å². The molecule has 0 fully saturated rings. The summed E-state index contributed by atoms with van der Waals surface area (Å²) in [5, 5.41) is 37.7. The van der Waals surface area contributed by atoms with Crippen molar-refractivity contribution in [1.29, 1.82) is 0 Å². The molecule has 0 saturated heterocycles. The lowest BCUT2D eigenvalue weighted by atomic mass is 10.2. The monoisotopic (exact) mass is 1480 g/mol. The van der Waals surface area contributed by atoms with Crippen molar-refractivity contribution in [2.24, 2.45) is 11.8 Å². The van der Waals surface area contributed by atoms with E-state index >= 15 is 0 Å². The minimum absolute atomic E-state index is 0.0467. The average Bonchev–Trinajstić information content (AvgIpc) is 3.06. The van der Waals surface area contributed by atoms with Crippen LogP contribution in [0.25, 0.3) is 0 Å². The van der Waals surface area contributed by atoms with E-state index in [9.17, 15) is 61.2 Å². The third-order valence-corrected chi connectivity index (χ3v) is 10.0. The van der Waals surface area contributed by atoms with Crippen LogP contribution in [0.1, 0.15) is 0 Å². The lowest BCUT2D eigenvalue weighted by Crippen LogP contribution is -2.28. The Morgan fingerprint density at radius 3 is 0.903 bits per heavy atom. The first-order valence-corrected chi connectivity index (χ1v) is 32.6. The van der Waals surface area contributed by atoms with Crippen molar-refractivity contribution in [3.05, 3.63) is 195 Å². The van der Waals surface area contributed by atoms with E-state index in [0.717, 1.165) is 12.2 Å². The fraction of sp³-hybridized carbons (Fsp3) is 0.348. The zero-order valence-electron chi connectivity index (χ0n) is 51.7. The fourth-order valence-corrected chi connectivity index (χ4v) is 6.33. The minimum atomic E-state index is -5.19. The number of rotatable bonds is 49. The van der Waals surface area contributed by atoms with Crippen LogP contribution >= 0.6 is 46.7 Å². The fourth-order valence-electron chi connectivity index (χ4n) is 2.92. The van der Waals surface area contributed by atoms with Crippen LogP contribution in [0, 0.1) is 11.8 Å². The molecule has 40 nitrogen and oxygen atoms in total. The average molecular weight is 1480 g/mol. The molecule has 93 heavy (non-hydrogen) atoms. The molecule has 3 N–H and O–H groups in total. The van der Waals surface area contributed by atoms with Crippen molar-refractivity contribution in [3.8, 4) is 0 Å². The summed E-state index contributed by atoms with van der Waals surface area (Å²) < 4.78 is 125. The van der Waals surface area contributed by atoms with Gasteiger partial charge in [-0.15, -0.1) is 162 Å². The van der Waals surface area contributed by atoms with Crippen LogP contribution in [0.2, 0.25) is 0 Å². The summed E-state index contributed by atoms with van der Waals surface area (Å²) in [6, 6.07) is 0. The summed E-state index contributed by atoms with van der Waals surface area (Å²) >= 11 is 0. The first-order valence-electron chi connectivity index (χ1n) is 23.3. The van der Waals surface area contributed by atoms with Gasteiger partial charge in [0.05, 0.1) is 46.2 Å². The van der Waals surface area contributed by atoms with Crippen LogP contribution < -0.4 is 40.2 Å². The molecule has 0 aromatic carbocycles. The zero-order chi connectivity index (χ0) is 76.0. The van der Waals surface area contributed by atoms with Gasteiger partial charge >= 0.3 is 15.6 Å². The highest BCUT2D eigenvalue weighted by Crippen LogP contribution is 2.42. The smallest absolute Gasteiger partial charge is 0.319 e. The number of phosphoric ester groups is 5. The largest absolute Gasteiger partial charge is 0.769 e. The molecule has 0 spiro atoms. The van der Waals surface area contributed by atoms with Crippen molar-refractivity contribution in [2.75, 3.05) is 92.9 Å². The molecule has 0 aromatic rings. The Labute approximate surface area is 542 Å². The molecule has 8 atom stereocenters. The highest BCUT2D eigenvalue weighted by Gasteiger charge is 2.20. The van der Waals surface area contributed by atoms with Gasteiger partial charge in [-0.25, -0.2) is 14.7 Å². The molecule has 0 heterocycles. The van der Waals surface area contributed by atoms with Gasteiger partial charge < -0.3 is 99.5 Å². The maximum atomic E-state index is 12.7. The topological polar surface area (TPSA) is 516 Å². The van der Waals surface area contributed by atoms with Crippen LogP contribution in [-0.2, 0) is 147 Å². The van der Waals surface area contributed by atoms with E-state index in [-0.39, 0.29) is 6.54 Å². The second-order valence-electron chi connectivity index (χ2n) is 10.8. The highest BCUT2D eigenvalue weighted by molar-refractivity contribution is 7.50. The van der Waals surface area contributed by atoms with Gasteiger partial charge in [0, 0.05) is 61.8 Å². The van der Waals surface area contributed by atoms with E-state index in [4.69, 9.17) is 4.89 Å². The SMILES string of the molecule is C=C.C=C.C=C.C=C.C=C.C=C.C=C.C=C.C=C.C=C.C=C.C=C.CNCC(COP(=O)([O-])O)COP(=O)([O-])OCCOOOOO/C=C\OP(=O)([O-])OCCOOOOO/C=C/OP(=O)([O-])OCC(CNF)COP(=O)([O-])OCCOOOOO/C=C/OP(C)(=O)[O-]. The van der Waals surface area contributed by atoms with Gasteiger partial charge in [0.15, 0.2) is 26.4 Å². The molecular formula is C46H89FN2O38P6-6. The van der Waals surface area contributed by atoms with Crippen LogP contribution in [-0.4, -0.2) is 97.8 Å². The molecular weight excluding hydrogens is 1390 g/mol. The Hall–Kier alpha value is -4.91. The quantitative estimate of drug-likeness (QED) is 0.0106. The van der Waals surface area contributed by atoms with Crippen molar-refractivity contribution in [1.82, 2.24) is 10.9 Å². The van der Waals surface area contributed by atoms with Crippen LogP contribution in [0.3, 0.4) is 0 Å². The molecule has 0 aromatic heterocycles. The summed E-state index contributed by atoms with van der Waals surface area (Å²) in [6.45, 7) is 65.2.